The van der Waals surface area contributed by atoms with Gasteiger partial charge in [-0.15, -0.1) is 0 Å². The third-order valence-corrected chi connectivity index (χ3v) is 1.41. The fourth-order valence-electron chi connectivity index (χ4n) is 0.902. The van der Waals surface area contributed by atoms with Gasteiger partial charge in [0.25, 0.3) is 0 Å². The molecule has 0 spiro atoms. The molecule has 0 radical (unpaired) electrons. The predicted octanol–water partition coefficient (Wildman–Crippen LogP) is 2.50. The summed E-state index contributed by atoms with van der Waals surface area (Å²) in [7, 11) is 0. The van der Waals surface area contributed by atoms with Gasteiger partial charge in [-0.2, -0.15) is 0 Å². The Bertz CT molecular complexity index is 367. The molecule has 1 aromatic carbocycles. The van der Waals surface area contributed by atoms with Crippen LogP contribution in [0, 0.1) is 5.82 Å². The minimum atomic E-state index is -0.294. The number of nitrogens with zero attached hydrogens (tertiary/aromatic N) is 2. The average molecular weight is 195 g/mol. The normalized spacial score (nSPS) is 11.2. The van der Waals surface area contributed by atoms with Crippen LogP contribution in [0.3, 0.4) is 0 Å². The summed E-state index contributed by atoms with van der Waals surface area (Å²) in [5.41, 5.74) is 6.93. The van der Waals surface area contributed by atoms with E-state index < -0.39 is 0 Å². The van der Waals surface area contributed by atoms with Crippen LogP contribution < -0.4 is 5.73 Å². The number of hydrogen-bond acceptors (Lipinski definition) is 1. The van der Waals surface area contributed by atoms with Gasteiger partial charge in [-0.25, -0.2) is 14.4 Å². The number of halogens is 1. The maximum atomic E-state index is 12.5. The van der Waals surface area contributed by atoms with Crippen molar-refractivity contribution in [3.63, 3.8) is 0 Å². The summed E-state index contributed by atoms with van der Waals surface area (Å²) >= 11 is 0. The van der Waals surface area contributed by atoms with Crippen molar-refractivity contribution in [3.8, 4) is 0 Å². The minimum absolute atomic E-state index is 0. The zero-order chi connectivity index (χ0) is 10.6. The largest absolute Gasteiger partial charge is 0.368 e. The summed E-state index contributed by atoms with van der Waals surface area (Å²) in [4.78, 5) is 7.93. The van der Waals surface area contributed by atoms with Gasteiger partial charge in [0, 0.05) is 7.14 Å². The van der Waals surface area contributed by atoms with E-state index in [2.05, 4.69) is 9.98 Å². The fourth-order valence-corrected chi connectivity index (χ4v) is 0.902. The van der Waals surface area contributed by atoms with E-state index in [4.69, 9.17) is 5.73 Å². The van der Waals surface area contributed by atoms with Gasteiger partial charge >= 0.3 is 0 Å². The molecule has 0 atom stereocenters. The molecular formula is C10H14FN3. The van der Waals surface area contributed by atoms with Crippen LogP contribution >= 0.6 is 0 Å². The van der Waals surface area contributed by atoms with E-state index >= 15 is 0 Å². The second-order valence-corrected chi connectivity index (χ2v) is 3.01. The molecule has 1 rings (SSSR count). The molecular weight excluding hydrogens is 181 g/mol. The van der Waals surface area contributed by atoms with Gasteiger partial charge in [-0.3, -0.25) is 0 Å². The van der Waals surface area contributed by atoms with Crippen molar-refractivity contribution in [1.82, 2.24) is 0 Å². The maximum Gasteiger partial charge on any atom is 0.220 e. The summed E-state index contributed by atoms with van der Waals surface area (Å²) < 4.78 is 12.5. The van der Waals surface area contributed by atoms with Crippen molar-refractivity contribution in [2.45, 2.75) is 13.8 Å². The van der Waals surface area contributed by atoms with Crippen LogP contribution in [-0.2, 0) is 0 Å². The van der Waals surface area contributed by atoms with E-state index in [1.165, 1.54) is 12.1 Å². The topological polar surface area (TPSA) is 50.7 Å². The molecule has 14 heavy (non-hydrogen) atoms. The smallest absolute Gasteiger partial charge is 0.220 e. The van der Waals surface area contributed by atoms with E-state index in [1.807, 2.05) is 13.8 Å². The van der Waals surface area contributed by atoms with Crippen LogP contribution in [0.15, 0.2) is 34.3 Å². The second-order valence-electron chi connectivity index (χ2n) is 3.01. The lowest BCUT2D eigenvalue weighted by atomic mass is 10.3. The van der Waals surface area contributed by atoms with Crippen molar-refractivity contribution >= 4 is 17.4 Å². The van der Waals surface area contributed by atoms with Crippen molar-refractivity contribution in [1.29, 1.82) is 0 Å². The zero-order valence-corrected chi connectivity index (χ0v) is 8.16. The van der Waals surface area contributed by atoms with E-state index in [-0.39, 0.29) is 13.2 Å². The first kappa shape index (κ1) is 10.4. The summed E-state index contributed by atoms with van der Waals surface area (Å²) in [6, 6.07) is 5.74. The van der Waals surface area contributed by atoms with Crippen LogP contribution in [0.2, 0.25) is 0 Å². The molecule has 0 aromatic heterocycles. The highest BCUT2D eigenvalue weighted by Crippen LogP contribution is 2.11. The first-order valence-corrected chi connectivity index (χ1v) is 4.19. The van der Waals surface area contributed by atoms with Gasteiger partial charge in [-0.05, 0) is 38.1 Å². The Kier molecular flexibility index (Phi) is 3.34. The Hall–Kier alpha value is -1.71. The Morgan fingerprint density at radius 2 is 1.86 bits per heavy atom. The molecule has 4 heteroatoms. The minimum Gasteiger partial charge on any atom is -0.368 e. The molecule has 0 saturated heterocycles. The molecule has 2 N–H and O–H groups in total. The summed E-state index contributed by atoms with van der Waals surface area (Å²) in [6.45, 7) is 3.65. The molecule has 0 saturated carbocycles. The van der Waals surface area contributed by atoms with Gasteiger partial charge in [0.05, 0.1) is 5.69 Å². The second kappa shape index (κ2) is 4.50. The predicted molar refractivity (Wildman–Crippen MR) is 58.6 cm³/mol. The molecule has 0 bridgehead atoms. The number of rotatable bonds is 1. The maximum absolute atomic E-state index is 12.5. The molecule has 76 valence electrons. The quantitative estimate of drug-likeness (QED) is 0.543. The SMILES string of the molecule is CC(C)=NC(N)=Nc1ccc(F)cc1.[HH]. The number of nitrogens with two attached hydrogens (primary N) is 1. The van der Waals surface area contributed by atoms with Gasteiger partial charge in [-0.1, -0.05) is 0 Å². The lowest BCUT2D eigenvalue weighted by molar-refractivity contribution is 0.628. The number of benzene rings is 1. The van der Waals surface area contributed by atoms with Crippen molar-refractivity contribution in [2.75, 3.05) is 0 Å². The van der Waals surface area contributed by atoms with Crippen molar-refractivity contribution in [2.24, 2.45) is 15.7 Å². The van der Waals surface area contributed by atoms with Crippen LogP contribution in [0.25, 0.3) is 0 Å². The molecule has 0 heterocycles. The van der Waals surface area contributed by atoms with E-state index in [9.17, 15) is 4.39 Å². The molecule has 0 aliphatic carbocycles. The van der Waals surface area contributed by atoms with E-state index in [0.29, 0.717) is 5.69 Å². The number of guanidine groups is 1. The van der Waals surface area contributed by atoms with Crippen LogP contribution in [0.5, 0.6) is 0 Å². The molecule has 3 nitrogen and oxygen atoms in total. The van der Waals surface area contributed by atoms with Crippen molar-refractivity contribution in [3.05, 3.63) is 30.1 Å². The lowest BCUT2D eigenvalue weighted by Gasteiger charge is -1.95. The van der Waals surface area contributed by atoms with Crippen LogP contribution in [-0.4, -0.2) is 11.7 Å². The first-order valence-electron chi connectivity index (χ1n) is 4.19. The lowest BCUT2D eigenvalue weighted by Crippen LogP contribution is -2.09. The van der Waals surface area contributed by atoms with Gasteiger partial charge < -0.3 is 5.73 Å². The molecule has 0 aliphatic heterocycles. The van der Waals surface area contributed by atoms with Crippen molar-refractivity contribution < 1.29 is 5.82 Å². The zero-order valence-electron chi connectivity index (χ0n) is 8.16. The van der Waals surface area contributed by atoms with E-state index in [1.54, 1.807) is 12.1 Å². The monoisotopic (exact) mass is 195 g/mol. The van der Waals surface area contributed by atoms with Crippen LogP contribution in [0.1, 0.15) is 15.3 Å². The third-order valence-electron chi connectivity index (χ3n) is 1.41. The molecule has 1 aromatic rings. The Morgan fingerprint density at radius 1 is 1.29 bits per heavy atom. The van der Waals surface area contributed by atoms with Gasteiger partial charge in [0.2, 0.25) is 5.96 Å². The Balaban J connectivity index is 0.00000196. The third kappa shape index (κ3) is 3.35. The summed E-state index contributed by atoms with van der Waals surface area (Å²) in [5, 5.41) is 0. The summed E-state index contributed by atoms with van der Waals surface area (Å²) in [5.74, 6) is -0.116. The number of aliphatic imine (C=N–C) groups is 2. The Labute approximate surface area is 83.7 Å². The average Bonchev–Trinajstić information content (AvgIpc) is 2.07. The first-order chi connectivity index (χ1) is 6.58. The van der Waals surface area contributed by atoms with Crippen LogP contribution in [0.4, 0.5) is 10.1 Å². The highest BCUT2D eigenvalue weighted by Gasteiger charge is 1.92. The van der Waals surface area contributed by atoms with Gasteiger partial charge in [0.15, 0.2) is 0 Å². The van der Waals surface area contributed by atoms with E-state index in [0.717, 1.165) is 5.71 Å². The molecule has 0 unspecified atom stereocenters. The standard InChI is InChI=1S/C10H12FN3.H2/c1-7(2)13-10(12)14-9-5-3-8(11)4-6-9;/h3-6H,1-2H3,(H2,12,14);1H. The molecule has 0 fully saturated rings. The number of hydrogen-bond donors (Lipinski definition) is 1. The molecule has 0 aliphatic rings. The van der Waals surface area contributed by atoms with Gasteiger partial charge in [0.1, 0.15) is 5.82 Å². The highest BCUT2D eigenvalue weighted by atomic mass is 19.1. The Morgan fingerprint density at radius 3 is 2.36 bits per heavy atom. The fraction of sp³-hybridized carbons (Fsp3) is 0.200. The molecule has 0 amide bonds. The summed E-state index contributed by atoms with van der Waals surface area (Å²) in [6.07, 6.45) is 0. The highest BCUT2D eigenvalue weighted by molar-refractivity contribution is 5.94.